The molecule has 18 heavy (non-hydrogen) atoms. The molecule has 6 heteroatoms. The summed E-state index contributed by atoms with van der Waals surface area (Å²) in [5.41, 5.74) is 5.75. The van der Waals surface area contributed by atoms with Gasteiger partial charge >= 0.3 is 0 Å². The number of hydrogen-bond donors (Lipinski definition) is 2. The molecule has 1 aliphatic heterocycles. The molecule has 0 amide bonds. The van der Waals surface area contributed by atoms with E-state index >= 15 is 0 Å². The SMILES string of the molecule is CN(CC1CCCOC1)c1cnc(C(=N)N)cn1. The van der Waals surface area contributed by atoms with E-state index in [9.17, 15) is 0 Å². The average molecular weight is 249 g/mol. The number of nitrogens with zero attached hydrogens (tertiary/aromatic N) is 3. The zero-order valence-electron chi connectivity index (χ0n) is 10.6. The van der Waals surface area contributed by atoms with Crippen molar-refractivity contribution < 1.29 is 4.74 Å². The summed E-state index contributed by atoms with van der Waals surface area (Å²) in [6.45, 7) is 2.62. The summed E-state index contributed by atoms with van der Waals surface area (Å²) in [4.78, 5) is 10.4. The number of anilines is 1. The fourth-order valence-electron chi connectivity index (χ4n) is 2.09. The Balaban J connectivity index is 1.95. The molecule has 6 nitrogen and oxygen atoms in total. The number of rotatable bonds is 4. The van der Waals surface area contributed by atoms with E-state index in [2.05, 4.69) is 14.9 Å². The van der Waals surface area contributed by atoms with Crippen molar-refractivity contribution in [3.8, 4) is 0 Å². The number of hydrogen-bond acceptors (Lipinski definition) is 5. The van der Waals surface area contributed by atoms with Crippen molar-refractivity contribution in [3.63, 3.8) is 0 Å². The number of nitrogens with two attached hydrogens (primary N) is 1. The largest absolute Gasteiger partial charge is 0.382 e. The van der Waals surface area contributed by atoms with Gasteiger partial charge in [0, 0.05) is 20.2 Å². The monoisotopic (exact) mass is 249 g/mol. The van der Waals surface area contributed by atoms with Crippen molar-refractivity contribution in [1.29, 1.82) is 5.41 Å². The first-order valence-corrected chi connectivity index (χ1v) is 6.12. The maximum atomic E-state index is 7.26. The van der Waals surface area contributed by atoms with Crippen LogP contribution in [0.5, 0.6) is 0 Å². The summed E-state index contributed by atoms with van der Waals surface area (Å²) >= 11 is 0. The first-order valence-electron chi connectivity index (χ1n) is 6.12. The third-order valence-corrected chi connectivity index (χ3v) is 3.09. The Kier molecular flexibility index (Phi) is 4.09. The van der Waals surface area contributed by atoms with Crippen molar-refractivity contribution in [2.75, 3.05) is 31.7 Å². The molecule has 1 aromatic heterocycles. The van der Waals surface area contributed by atoms with Crippen molar-refractivity contribution in [2.24, 2.45) is 11.7 Å². The first-order chi connectivity index (χ1) is 8.66. The predicted molar refractivity (Wildman–Crippen MR) is 69.9 cm³/mol. The van der Waals surface area contributed by atoms with Gasteiger partial charge in [0.15, 0.2) is 0 Å². The molecule has 1 aromatic rings. The predicted octanol–water partition coefficient (Wildman–Crippen LogP) is 0.623. The molecule has 1 aliphatic rings. The maximum absolute atomic E-state index is 7.26. The Bertz CT molecular complexity index is 399. The van der Waals surface area contributed by atoms with E-state index < -0.39 is 0 Å². The van der Waals surface area contributed by atoms with Gasteiger partial charge in [-0.15, -0.1) is 0 Å². The maximum Gasteiger partial charge on any atom is 0.146 e. The molecular weight excluding hydrogens is 230 g/mol. The number of ether oxygens (including phenoxy) is 1. The second-order valence-corrected chi connectivity index (χ2v) is 4.64. The van der Waals surface area contributed by atoms with Crippen LogP contribution in [0.3, 0.4) is 0 Å². The van der Waals surface area contributed by atoms with Crippen LogP contribution in [-0.4, -0.2) is 42.6 Å². The van der Waals surface area contributed by atoms with Crippen molar-refractivity contribution in [1.82, 2.24) is 9.97 Å². The average Bonchev–Trinajstić information content (AvgIpc) is 2.40. The quantitative estimate of drug-likeness (QED) is 0.603. The minimum Gasteiger partial charge on any atom is -0.382 e. The minimum absolute atomic E-state index is 0.0580. The fourth-order valence-corrected chi connectivity index (χ4v) is 2.09. The topological polar surface area (TPSA) is 88.1 Å². The summed E-state index contributed by atoms with van der Waals surface area (Å²) in [6.07, 6.45) is 5.52. The van der Waals surface area contributed by atoms with Crippen LogP contribution in [0.1, 0.15) is 18.5 Å². The lowest BCUT2D eigenvalue weighted by Crippen LogP contribution is -2.31. The molecule has 2 rings (SSSR count). The third kappa shape index (κ3) is 3.16. The lowest BCUT2D eigenvalue weighted by atomic mass is 10.0. The van der Waals surface area contributed by atoms with Crippen LogP contribution in [0.4, 0.5) is 5.82 Å². The van der Waals surface area contributed by atoms with Crippen molar-refractivity contribution >= 4 is 11.7 Å². The molecule has 1 saturated heterocycles. The number of nitrogens with one attached hydrogen (secondary N) is 1. The Hall–Kier alpha value is -1.69. The first kappa shape index (κ1) is 12.8. The minimum atomic E-state index is -0.0580. The van der Waals surface area contributed by atoms with Gasteiger partial charge in [-0.05, 0) is 18.8 Å². The van der Waals surface area contributed by atoms with Crippen LogP contribution in [0, 0.1) is 11.3 Å². The van der Waals surface area contributed by atoms with Crippen LogP contribution < -0.4 is 10.6 Å². The second kappa shape index (κ2) is 5.77. The van der Waals surface area contributed by atoms with E-state index in [1.54, 1.807) is 6.20 Å². The van der Waals surface area contributed by atoms with Gasteiger partial charge in [-0.25, -0.2) is 9.97 Å². The van der Waals surface area contributed by atoms with Gasteiger partial charge in [-0.2, -0.15) is 0 Å². The van der Waals surface area contributed by atoms with Crippen LogP contribution in [-0.2, 0) is 4.74 Å². The lowest BCUT2D eigenvalue weighted by molar-refractivity contribution is 0.0576. The zero-order valence-corrected chi connectivity index (χ0v) is 10.6. The van der Waals surface area contributed by atoms with Gasteiger partial charge in [-0.3, -0.25) is 5.41 Å². The van der Waals surface area contributed by atoms with Gasteiger partial charge < -0.3 is 15.4 Å². The highest BCUT2D eigenvalue weighted by atomic mass is 16.5. The molecule has 2 heterocycles. The van der Waals surface area contributed by atoms with Gasteiger partial charge in [0.2, 0.25) is 0 Å². The lowest BCUT2D eigenvalue weighted by Gasteiger charge is -2.27. The summed E-state index contributed by atoms with van der Waals surface area (Å²) in [7, 11) is 1.99. The molecule has 0 saturated carbocycles. The zero-order chi connectivity index (χ0) is 13.0. The Morgan fingerprint density at radius 3 is 2.94 bits per heavy atom. The third-order valence-electron chi connectivity index (χ3n) is 3.09. The van der Waals surface area contributed by atoms with Crippen LogP contribution >= 0.6 is 0 Å². The summed E-state index contributed by atoms with van der Waals surface area (Å²) in [5.74, 6) is 1.29. The van der Waals surface area contributed by atoms with Crippen LogP contribution in [0.25, 0.3) is 0 Å². The van der Waals surface area contributed by atoms with Crippen molar-refractivity contribution in [2.45, 2.75) is 12.8 Å². The normalized spacial score (nSPS) is 19.5. The highest BCUT2D eigenvalue weighted by molar-refractivity contribution is 5.92. The Morgan fingerprint density at radius 1 is 1.56 bits per heavy atom. The van der Waals surface area contributed by atoms with E-state index in [0.717, 1.165) is 32.0 Å². The van der Waals surface area contributed by atoms with E-state index in [1.807, 2.05) is 7.05 Å². The molecule has 98 valence electrons. The molecule has 1 atom stereocenters. The molecule has 1 unspecified atom stereocenters. The van der Waals surface area contributed by atoms with Gasteiger partial charge in [0.1, 0.15) is 17.3 Å². The summed E-state index contributed by atoms with van der Waals surface area (Å²) in [6, 6.07) is 0. The molecule has 3 N–H and O–H groups in total. The summed E-state index contributed by atoms with van der Waals surface area (Å²) < 4.78 is 5.46. The standard InChI is InChI=1S/C12H19N5O/c1-17(7-9-3-2-4-18-8-9)11-6-15-10(5-16-11)12(13)14/h5-6,9H,2-4,7-8H2,1H3,(H3,13,14). The molecule has 0 aliphatic carbocycles. The highest BCUT2D eigenvalue weighted by Gasteiger charge is 2.16. The van der Waals surface area contributed by atoms with Gasteiger partial charge in [0.25, 0.3) is 0 Å². The van der Waals surface area contributed by atoms with E-state index in [4.69, 9.17) is 15.9 Å². The molecule has 0 radical (unpaired) electrons. The van der Waals surface area contributed by atoms with Gasteiger partial charge in [-0.1, -0.05) is 0 Å². The molecule has 0 bridgehead atoms. The van der Waals surface area contributed by atoms with Crippen LogP contribution in [0.15, 0.2) is 12.4 Å². The van der Waals surface area contributed by atoms with E-state index in [0.29, 0.717) is 11.6 Å². The van der Waals surface area contributed by atoms with E-state index in [-0.39, 0.29) is 5.84 Å². The number of nitrogen functional groups attached to an aromatic ring is 1. The molecule has 1 fully saturated rings. The Morgan fingerprint density at radius 2 is 2.39 bits per heavy atom. The highest BCUT2D eigenvalue weighted by Crippen LogP contribution is 2.17. The number of aromatic nitrogens is 2. The van der Waals surface area contributed by atoms with Crippen LogP contribution in [0.2, 0.25) is 0 Å². The second-order valence-electron chi connectivity index (χ2n) is 4.64. The molecule has 0 aromatic carbocycles. The molecule has 0 spiro atoms. The molecular formula is C12H19N5O. The van der Waals surface area contributed by atoms with Crippen molar-refractivity contribution in [3.05, 3.63) is 18.1 Å². The van der Waals surface area contributed by atoms with Gasteiger partial charge in [0.05, 0.1) is 19.0 Å². The van der Waals surface area contributed by atoms with E-state index in [1.165, 1.54) is 12.6 Å². The number of amidine groups is 1. The Labute approximate surface area is 107 Å². The summed E-state index contributed by atoms with van der Waals surface area (Å²) in [5, 5.41) is 7.26. The fraction of sp³-hybridized carbons (Fsp3) is 0.583. The smallest absolute Gasteiger partial charge is 0.146 e.